The van der Waals surface area contributed by atoms with Crippen LogP contribution in [0.5, 0.6) is 11.6 Å². The second-order valence-corrected chi connectivity index (χ2v) is 4.49. The monoisotopic (exact) mass is 282 g/mol. The molecular formula is C13H12Cl2N2O. The summed E-state index contributed by atoms with van der Waals surface area (Å²) >= 11 is 11.8. The number of nitrogens with zero attached hydrogens (tertiary/aromatic N) is 1. The van der Waals surface area contributed by atoms with Gasteiger partial charge in [-0.3, -0.25) is 0 Å². The smallest absolute Gasteiger partial charge is 0.219 e. The van der Waals surface area contributed by atoms with Gasteiger partial charge in [-0.25, -0.2) is 4.98 Å². The molecule has 1 aromatic heterocycles. The number of halogens is 2. The van der Waals surface area contributed by atoms with Gasteiger partial charge < -0.3 is 10.1 Å². The van der Waals surface area contributed by atoms with Crippen molar-refractivity contribution in [3.8, 4) is 11.6 Å². The Morgan fingerprint density at radius 3 is 2.72 bits per heavy atom. The van der Waals surface area contributed by atoms with Gasteiger partial charge in [0.25, 0.3) is 0 Å². The summed E-state index contributed by atoms with van der Waals surface area (Å²) in [4.78, 5) is 4.35. The van der Waals surface area contributed by atoms with Crippen LogP contribution in [0.25, 0.3) is 0 Å². The molecule has 0 amide bonds. The molecule has 1 heterocycles. The van der Waals surface area contributed by atoms with Crippen molar-refractivity contribution < 1.29 is 4.74 Å². The summed E-state index contributed by atoms with van der Waals surface area (Å²) in [5.74, 6) is 1.14. The van der Waals surface area contributed by atoms with E-state index in [0.29, 0.717) is 28.2 Å². The number of pyridine rings is 1. The van der Waals surface area contributed by atoms with Gasteiger partial charge in [-0.05, 0) is 25.2 Å². The minimum Gasteiger partial charge on any atom is -0.439 e. The van der Waals surface area contributed by atoms with Gasteiger partial charge in [-0.15, -0.1) is 0 Å². The molecule has 0 unspecified atom stereocenters. The van der Waals surface area contributed by atoms with Crippen LogP contribution >= 0.6 is 23.2 Å². The van der Waals surface area contributed by atoms with Crippen LogP contribution in [-0.2, 0) is 6.54 Å². The molecule has 0 saturated carbocycles. The zero-order valence-corrected chi connectivity index (χ0v) is 11.3. The second kappa shape index (κ2) is 6.05. The lowest BCUT2D eigenvalue weighted by atomic mass is 10.3. The standard InChI is InChI=1S/C13H12Cl2N2O/c1-16-8-9-3-2-4-13(17-9)18-10-5-6-11(14)12(15)7-10/h2-7,16H,8H2,1H3. The molecule has 1 N–H and O–H groups in total. The van der Waals surface area contributed by atoms with E-state index in [0.717, 1.165) is 5.69 Å². The fraction of sp³-hybridized carbons (Fsp3) is 0.154. The van der Waals surface area contributed by atoms with Crippen LogP contribution in [0.15, 0.2) is 36.4 Å². The van der Waals surface area contributed by atoms with Crippen LogP contribution < -0.4 is 10.1 Å². The molecule has 0 aliphatic heterocycles. The van der Waals surface area contributed by atoms with Gasteiger partial charge in [-0.1, -0.05) is 29.3 Å². The molecule has 0 atom stereocenters. The van der Waals surface area contributed by atoms with Gasteiger partial charge in [0, 0.05) is 18.7 Å². The Balaban J connectivity index is 2.17. The normalized spacial score (nSPS) is 10.4. The van der Waals surface area contributed by atoms with Crippen LogP contribution in [0.4, 0.5) is 0 Å². The zero-order chi connectivity index (χ0) is 13.0. The maximum atomic E-state index is 5.92. The highest BCUT2D eigenvalue weighted by atomic mass is 35.5. The third kappa shape index (κ3) is 3.35. The molecule has 1 aromatic carbocycles. The summed E-state index contributed by atoms with van der Waals surface area (Å²) in [5.41, 5.74) is 0.912. The molecule has 0 spiro atoms. The summed E-state index contributed by atoms with van der Waals surface area (Å²) < 4.78 is 5.62. The van der Waals surface area contributed by atoms with Gasteiger partial charge in [0.1, 0.15) is 5.75 Å². The van der Waals surface area contributed by atoms with Crippen LogP contribution in [0.2, 0.25) is 10.0 Å². The molecule has 0 aliphatic rings. The van der Waals surface area contributed by atoms with Crippen molar-refractivity contribution in [3.63, 3.8) is 0 Å². The van der Waals surface area contributed by atoms with E-state index in [4.69, 9.17) is 27.9 Å². The lowest BCUT2D eigenvalue weighted by Gasteiger charge is -2.07. The maximum Gasteiger partial charge on any atom is 0.219 e. The molecule has 18 heavy (non-hydrogen) atoms. The Morgan fingerprint density at radius 2 is 2.00 bits per heavy atom. The van der Waals surface area contributed by atoms with E-state index in [-0.39, 0.29) is 0 Å². The van der Waals surface area contributed by atoms with E-state index in [1.54, 1.807) is 24.3 Å². The predicted octanol–water partition coefficient (Wildman–Crippen LogP) is 3.90. The first-order valence-electron chi connectivity index (χ1n) is 5.42. The first-order chi connectivity index (χ1) is 8.69. The summed E-state index contributed by atoms with van der Waals surface area (Å²) in [7, 11) is 1.87. The molecule has 0 saturated heterocycles. The average molecular weight is 283 g/mol. The van der Waals surface area contributed by atoms with Gasteiger partial charge in [0.05, 0.1) is 15.7 Å². The topological polar surface area (TPSA) is 34.1 Å². The van der Waals surface area contributed by atoms with E-state index in [9.17, 15) is 0 Å². The third-order valence-electron chi connectivity index (χ3n) is 2.25. The Labute approximate surface area is 116 Å². The third-order valence-corrected chi connectivity index (χ3v) is 2.99. The zero-order valence-electron chi connectivity index (χ0n) is 9.78. The van der Waals surface area contributed by atoms with Crippen molar-refractivity contribution in [1.82, 2.24) is 10.3 Å². The second-order valence-electron chi connectivity index (χ2n) is 3.68. The van der Waals surface area contributed by atoms with Crippen molar-refractivity contribution in [2.75, 3.05) is 7.05 Å². The number of rotatable bonds is 4. The molecule has 5 heteroatoms. The van der Waals surface area contributed by atoms with E-state index in [1.807, 2.05) is 19.2 Å². The molecular weight excluding hydrogens is 271 g/mol. The van der Waals surface area contributed by atoms with E-state index in [2.05, 4.69) is 10.3 Å². The maximum absolute atomic E-state index is 5.92. The summed E-state index contributed by atoms with van der Waals surface area (Å²) in [6, 6.07) is 10.7. The Morgan fingerprint density at radius 1 is 1.17 bits per heavy atom. The van der Waals surface area contributed by atoms with E-state index in [1.165, 1.54) is 0 Å². The Hall–Kier alpha value is -1.29. The first kappa shape index (κ1) is 13.1. The molecule has 2 rings (SSSR count). The lowest BCUT2D eigenvalue weighted by molar-refractivity contribution is 0.460. The molecule has 94 valence electrons. The SMILES string of the molecule is CNCc1cccc(Oc2ccc(Cl)c(Cl)c2)n1. The van der Waals surface area contributed by atoms with Gasteiger partial charge in [-0.2, -0.15) is 0 Å². The van der Waals surface area contributed by atoms with Crippen molar-refractivity contribution in [1.29, 1.82) is 0 Å². The number of ether oxygens (including phenoxy) is 1. The van der Waals surface area contributed by atoms with Crippen molar-refractivity contribution in [2.24, 2.45) is 0 Å². The Kier molecular flexibility index (Phi) is 4.42. The Bertz CT molecular complexity index is 546. The molecule has 0 aliphatic carbocycles. The number of hydrogen-bond acceptors (Lipinski definition) is 3. The number of aromatic nitrogens is 1. The average Bonchev–Trinajstić information content (AvgIpc) is 2.35. The highest BCUT2D eigenvalue weighted by molar-refractivity contribution is 6.42. The van der Waals surface area contributed by atoms with Crippen LogP contribution in [-0.4, -0.2) is 12.0 Å². The summed E-state index contributed by atoms with van der Waals surface area (Å²) in [6.07, 6.45) is 0. The van der Waals surface area contributed by atoms with Crippen LogP contribution in [0, 0.1) is 0 Å². The fourth-order valence-corrected chi connectivity index (χ4v) is 1.74. The van der Waals surface area contributed by atoms with Crippen LogP contribution in [0.1, 0.15) is 5.69 Å². The minimum atomic E-state index is 0.459. The highest BCUT2D eigenvalue weighted by Gasteiger charge is 2.03. The van der Waals surface area contributed by atoms with Gasteiger partial charge in [0.15, 0.2) is 0 Å². The van der Waals surface area contributed by atoms with Crippen LogP contribution in [0.3, 0.4) is 0 Å². The molecule has 2 aromatic rings. The molecule has 0 radical (unpaired) electrons. The molecule has 0 bridgehead atoms. The summed E-state index contributed by atoms with van der Waals surface area (Å²) in [5, 5.41) is 3.99. The van der Waals surface area contributed by atoms with Gasteiger partial charge >= 0.3 is 0 Å². The van der Waals surface area contributed by atoms with E-state index >= 15 is 0 Å². The lowest BCUT2D eigenvalue weighted by Crippen LogP contribution is -2.06. The van der Waals surface area contributed by atoms with Gasteiger partial charge in [0.2, 0.25) is 5.88 Å². The summed E-state index contributed by atoms with van der Waals surface area (Å²) in [6.45, 7) is 0.693. The minimum absolute atomic E-state index is 0.459. The quantitative estimate of drug-likeness (QED) is 0.924. The molecule has 3 nitrogen and oxygen atoms in total. The number of nitrogens with one attached hydrogen (secondary N) is 1. The van der Waals surface area contributed by atoms with Crippen molar-refractivity contribution in [2.45, 2.75) is 6.54 Å². The van der Waals surface area contributed by atoms with E-state index < -0.39 is 0 Å². The molecule has 0 fully saturated rings. The number of hydrogen-bond donors (Lipinski definition) is 1. The van der Waals surface area contributed by atoms with Crippen molar-refractivity contribution in [3.05, 3.63) is 52.1 Å². The fourth-order valence-electron chi connectivity index (χ4n) is 1.46. The predicted molar refractivity (Wildman–Crippen MR) is 73.5 cm³/mol. The number of benzene rings is 1. The first-order valence-corrected chi connectivity index (χ1v) is 6.18. The largest absolute Gasteiger partial charge is 0.439 e. The highest BCUT2D eigenvalue weighted by Crippen LogP contribution is 2.28. The van der Waals surface area contributed by atoms with Crippen molar-refractivity contribution >= 4 is 23.2 Å².